The molecule has 0 bridgehead atoms. The van der Waals surface area contributed by atoms with E-state index in [0.29, 0.717) is 37.2 Å². The van der Waals surface area contributed by atoms with Gasteiger partial charge in [-0.25, -0.2) is 14.8 Å². The second kappa shape index (κ2) is 9.10. The number of hydrogen-bond donors (Lipinski definition) is 1. The van der Waals surface area contributed by atoms with Crippen molar-refractivity contribution in [2.24, 2.45) is 0 Å². The fourth-order valence-corrected chi connectivity index (χ4v) is 4.57. The monoisotopic (exact) mass is 494 g/mol. The van der Waals surface area contributed by atoms with E-state index in [-0.39, 0.29) is 18.0 Å². The Morgan fingerprint density at radius 1 is 1.00 bits per heavy atom. The maximum Gasteiger partial charge on any atom is 0.416 e. The number of rotatable bonds is 5. The molecule has 1 aliphatic heterocycles. The van der Waals surface area contributed by atoms with Gasteiger partial charge in [-0.15, -0.1) is 0 Å². The fraction of sp³-hybridized carbons (Fsp3) is 0.231. The molecule has 7 nitrogen and oxygen atoms in total. The quantitative estimate of drug-likeness (QED) is 0.446. The van der Waals surface area contributed by atoms with E-state index in [1.807, 2.05) is 16.7 Å². The number of carbonyl (C=O) groups excluding carboxylic acids is 1. The van der Waals surface area contributed by atoms with Gasteiger partial charge in [0.25, 0.3) is 0 Å². The zero-order chi connectivity index (χ0) is 25.4. The van der Waals surface area contributed by atoms with Crippen LogP contribution in [-0.4, -0.2) is 43.0 Å². The van der Waals surface area contributed by atoms with Gasteiger partial charge in [-0.05, 0) is 53.4 Å². The average Bonchev–Trinajstić information content (AvgIpc) is 3.17. The van der Waals surface area contributed by atoms with Gasteiger partial charge in [0.05, 0.1) is 18.5 Å². The van der Waals surface area contributed by atoms with Gasteiger partial charge < -0.3 is 14.6 Å². The Balaban J connectivity index is 1.41. The molecule has 0 spiro atoms. The van der Waals surface area contributed by atoms with E-state index in [1.54, 1.807) is 17.2 Å². The van der Waals surface area contributed by atoms with Crippen LogP contribution in [0, 0.1) is 0 Å². The minimum Gasteiger partial charge on any atom is -0.477 e. The third kappa shape index (κ3) is 4.53. The molecule has 5 rings (SSSR count). The summed E-state index contributed by atoms with van der Waals surface area (Å²) < 4.78 is 40.9. The Morgan fingerprint density at radius 3 is 2.42 bits per heavy atom. The molecule has 1 N–H and O–H groups in total. The number of nitrogens with zero attached hydrogens (tertiary/aromatic N) is 4. The number of carboxylic acid groups (broad SMARTS) is 1. The summed E-state index contributed by atoms with van der Waals surface area (Å²) in [6.45, 7) is 1.18. The van der Waals surface area contributed by atoms with Gasteiger partial charge in [-0.2, -0.15) is 13.2 Å². The minimum absolute atomic E-state index is 0.0830. The SMILES string of the molecule is O=C(O)c1ccc(CC(=O)N2CCc3c(n(Cc4ccc(C(F)(F)F)cc4)c4ncccc34)C2)cn1. The molecule has 10 heteroatoms. The van der Waals surface area contributed by atoms with E-state index in [9.17, 15) is 22.8 Å². The Labute approximate surface area is 203 Å². The highest BCUT2D eigenvalue weighted by molar-refractivity contribution is 5.86. The number of hydrogen-bond acceptors (Lipinski definition) is 4. The standard InChI is InChI=1S/C26H21F3N4O3/c27-26(28,29)18-6-3-16(4-7-18)14-33-22-15-32(11-9-19(22)20-2-1-10-30-24(20)33)23(34)12-17-5-8-21(25(35)36)31-13-17/h1-8,10,13H,9,11-12,14-15H2,(H,35,36). The topological polar surface area (TPSA) is 88.3 Å². The van der Waals surface area contributed by atoms with Gasteiger partial charge in [0, 0.05) is 36.6 Å². The van der Waals surface area contributed by atoms with Crippen LogP contribution in [0.2, 0.25) is 0 Å². The molecule has 3 aromatic heterocycles. The summed E-state index contributed by atoms with van der Waals surface area (Å²) in [4.78, 5) is 34.2. The van der Waals surface area contributed by atoms with Crippen molar-refractivity contribution in [1.29, 1.82) is 0 Å². The van der Waals surface area contributed by atoms with Crippen LogP contribution >= 0.6 is 0 Å². The highest BCUT2D eigenvalue weighted by atomic mass is 19.4. The molecule has 4 aromatic rings. The largest absolute Gasteiger partial charge is 0.477 e. The third-order valence-electron chi connectivity index (χ3n) is 6.39. The van der Waals surface area contributed by atoms with Crippen LogP contribution in [0.3, 0.4) is 0 Å². The molecule has 1 aliphatic rings. The Bertz CT molecular complexity index is 1440. The molecule has 0 atom stereocenters. The van der Waals surface area contributed by atoms with Crippen molar-refractivity contribution in [1.82, 2.24) is 19.4 Å². The number of alkyl halides is 3. The van der Waals surface area contributed by atoms with Gasteiger partial charge in [0.15, 0.2) is 0 Å². The first kappa shape index (κ1) is 23.5. The molecular weight excluding hydrogens is 473 g/mol. The second-order valence-corrected chi connectivity index (χ2v) is 8.68. The molecule has 36 heavy (non-hydrogen) atoms. The lowest BCUT2D eigenvalue weighted by molar-refractivity contribution is -0.137. The summed E-state index contributed by atoms with van der Waals surface area (Å²) in [6, 6.07) is 11.8. The number of amides is 1. The number of aromatic carboxylic acids is 1. The van der Waals surface area contributed by atoms with Gasteiger partial charge in [-0.1, -0.05) is 18.2 Å². The maximum atomic E-state index is 13.1. The predicted molar refractivity (Wildman–Crippen MR) is 124 cm³/mol. The van der Waals surface area contributed by atoms with E-state index >= 15 is 0 Å². The number of pyridine rings is 2. The Morgan fingerprint density at radius 2 is 1.75 bits per heavy atom. The first-order chi connectivity index (χ1) is 17.2. The summed E-state index contributed by atoms with van der Waals surface area (Å²) in [5.74, 6) is -1.25. The number of halogens is 3. The lowest BCUT2D eigenvalue weighted by atomic mass is 10.0. The highest BCUT2D eigenvalue weighted by Crippen LogP contribution is 2.32. The van der Waals surface area contributed by atoms with E-state index in [4.69, 9.17) is 5.11 Å². The van der Waals surface area contributed by atoms with Crippen molar-refractivity contribution in [3.63, 3.8) is 0 Å². The molecule has 184 valence electrons. The second-order valence-electron chi connectivity index (χ2n) is 8.68. The fourth-order valence-electron chi connectivity index (χ4n) is 4.57. The summed E-state index contributed by atoms with van der Waals surface area (Å²) in [5.41, 5.74) is 3.24. The van der Waals surface area contributed by atoms with Crippen LogP contribution in [0.5, 0.6) is 0 Å². The van der Waals surface area contributed by atoms with Crippen molar-refractivity contribution in [2.45, 2.75) is 32.1 Å². The molecule has 0 radical (unpaired) electrons. The molecule has 0 fully saturated rings. The van der Waals surface area contributed by atoms with E-state index in [0.717, 1.165) is 34.4 Å². The molecule has 0 aliphatic carbocycles. The number of carbonyl (C=O) groups is 2. The van der Waals surface area contributed by atoms with Gasteiger partial charge in [0.1, 0.15) is 11.3 Å². The zero-order valence-electron chi connectivity index (χ0n) is 19.0. The molecule has 4 heterocycles. The van der Waals surface area contributed by atoms with Crippen molar-refractivity contribution in [3.05, 3.63) is 94.6 Å². The molecular formula is C26H21F3N4O3. The van der Waals surface area contributed by atoms with Gasteiger partial charge in [-0.3, -0.25) is 4.79 Å². The normalized spacial score (nSPS) is 13.6. The Kier molecular flexibility index (Phi) is 5.95. The molecule has 0 saturated heterocycles. The lowest BCUT2D eigenvalue weighted by Gasteiger charge is -2.28. The van der Waals surface area contributed by atoms with Crippen LogP contribution in [0.1, 0.15) is 38.4 Å². The van der Waals surface area contributed by atoms with Crippen molar-refractivity contribution >= 4 is 22.9 Å². The van der Waals surface area contributed by atoms with Crippen molar-refractivity contribution in [2.75, 3.05) is 6.54 Å². The molecule has 1 amide bonds. The predicted octanol–water partition coefficient (Wildman–Crippen LogP) is 4.32. The third-order valence-corrected chi connectivity index (χ3v) is 6.39. The Hall–Kier alpha value is -4.21. The zero-order valence-corrected chi connectivity index (χ0v) is 19.0. The molecule has 0 unspecified atom stereocenters. The smallest absolute Gasteiger partial charge is 0.416 e. The summed E-state index contributed by atoms with van der Waals surface area (Å²) in [7, 11) is 0. The van der Waals surface area contributed by atoms with E-state index in [2.05, 4.69) is 9.97 Å². The van der Waals surface area contributed by atoms with Crippen molar-refractivity contribution < 1.29 is 27.9 Å². The lowest BCUT2D eigenvalue weighted by Crippen LogP contribution is -2.37. The average molecular weight is 494 g/mol. The van der Waals surface area contributed by atoms with Gasteiger partial charge in [0.2, 0.25) is 5.91 Å². The number of aromatic nitrogens is 3. The number of carboxylic acids is 1. The molecule has 1 aromatic carbocycles. The highest BCUT2D eigenvalue weighted by Gasteiger charge is 2.30. The summed E-state index contributed by atoms with van der Waals surface area (Å²) in [5, 5.41) is 9.97. The first-order valence-electron chi connectivity index (χ1n) is 11.3. The van der Waals surface area contributed by atoms with Crippen LogP contribution in [-0.2, 0) is 36.9 Å². The van der Waals surface area contributed by atoms with E-state index in [1.165, 1.54) is 24.4 Å². The van der Waals surface area contributed by atoms with Crippen LogP contribution in [0.25, 0.3) is 11.0 Å². The van der Waals surface area contributed by atoms with Crippen LogP contribution in [0.4, 0.5) is 13.2 Å². The van der Waals surface area contributed by atoms with Crippen molar-refractivity contribution in [3.8, 4) is 0 Å². The molecule has 0 saturated carbocycles. The van der Waals surface area contributed by atoms with Crippen LogP contribution in [0.15, 0.2) is 60.9 Å². The summed E-state index contributed by atoms with van der Waals surface area (Å²) >= 11 is 0. The minimum atomic E-state index is -4.40. The number of benzene rings is 1. The van der Waals surface area contributed by atoms with Gasteiger partial charge >= 0.3 is 12.1 Å². The van der Waals surface area contributed by atoms with E-state index < -0.39 is 17.7 Å². The maximum absolute atomic E-state index is 13.1. The van der Waals surface area contributed by atoms with Crippen LogP contribution < -0.4 is 0 Å². The number of fused-ring (bicyclic) bond motifs is 3. The first-order valence-corrected chi connectivity index (χ1v) is 11.3. The summed E-state index contributed by atoms with van der Waals surface area (Å²) in [6.07, 6.45) is -0.626.